The van der Waals surface area contributed by atoms with Gasteiger partial charge in [0.2, 0.25) is 0 Å². The Labute approximate surface area is 89.8 Å². The Bertz CT molecular complexity index is 449. The van der Waals surface area contributed by atoms with E-state index in [2.05, 4.69) is 18.0 Å². The minimum absolute atomic E-state index is 0.825. The largest absolute Gasteiger partial charge is 0.399 e. The van der Waals surface area contributed by atoms with E-state index in [1.165, 1.54) is 16.7 Å². The van der Waals surface area contributed by atoms with Crippen LogP contribution in [0.2, 0.25) is 0 Å². The molecule has 0 saturated heterocycles. The van der Waals surface area contributed by atoms with E-state index in [9.17, 15) is 0 Å². The third kappa shape index (κ3) is 2.34. The molecule has 0 saturated carbocycles. The van der Waals surface area contributed by atoms with E-state index in [0.29, 0.717) is 0 Å². The van der Waals surface area contributed by atoms with Gasteiger partial charge >= 0.3 is 0 Å². The number of benzene rings is 1. The zero-order valence-electron chi connectivity index (χ0n) is 8.77. The molecule has 0 spiro atoms. The highest BCUT2D eigenvalue weighted by Gasteiger charge is 2.00. The molecule has 0 atom stereocenters. The van der Waals surface area contributed by atoms with Crippen molar-refractivity contribution in [2.45, 2.75) is 13.3 Å². The molecule has 2 N–H and O–H groups in total. The molecule has 2 heteroatoms. The summed E-state index contributed by atoms with van der Waals surface area (Å²) in [5.74, 6) is 0. The number of nitrogens with two attached hydrogens (primary N) is 1. The average molecular weight is 198 g/mol. The van der Waals surface area contributed by atoms with E-state index in [4.69, 9.17) is 5.73 Å². The molecule has 2 rings (SSSR count). The van der Waals surface area contributed by atoms with Gasteiger partial charge in [0.15, 0.2) is 0 Å². The van der Waals surface area contributed by atoms with Gasteiger partial charge in [-0.1, -0.05) is 6.07 Å². The van der Waals surface area contributed by atoms with E-state index < -0.39 is 0 Å². The Kier molecular flexibility index (Phi) is 2.68. The molecule has 0 amide bonds. The second-order valence-electron chi connectivity index (χ2n) is 3.72. The highest BCUT2D eigenvalue weighted by atomic mass is 14.6. The van der Waals surface area contributed by atoms with Gasteiger partial charge in [-0.25, -0.2) is 0 Å². The topological polar surface area (TPSA) is 38.9 Å². The van der Waals surface area contributed by atoms with Gasteiger partial charge in [-0.2, -0.15) is 0 Å². The number of hydrogen-bond acceptors (Lipinski definition) is 2. The van der Waals surface area contributed by atoms with Gasteiger partial charge in [0.05, 0.1) is 0 Å². The summed E-state index contributed by atoms with van der Waals surface area (Å²) in [6.07, 6.45) is 4.58. The van der Waals surface area contributed by atoms with Crippen LogP contribution in [0, 0.1) is 6.92 Å². The number of anilines is 1. The second-order valence-corrected chi connectivity index (χ2v) is 3.72. The zero-order valence-corrected chi connectivity index (χ0v) is 8.77. The fraction of sp³-hybridized carbons (Fsp3) is 0.154. The van der Waals surface area contributed by atoms with Crippen LogP contribution in [0.15, 0.2) is 42.7 Å². The maximum absolute atomic E-state index is 5.71. The van der Waals surface area contributed by atoms with Crippen molar-refractivity contribution in [2.24, 2.45) is 0 Å². The molecule has 0 bridgehead atoms. The molecule has 15 heavy (non-hydrogen) atoms. The van der Waals surface area contributed by atoms with Crippen molar-refractivity contribution in [2.75, 3.05) is 5.73 Å². The highest BCUT2D eigenvalue weighted by molar-refractivity contribution is 5.45. The number of aryl methyl sites for hydroxylation is 1. The highest BCUT2D eigenvalue weighted by Crippen LogP contribution is 2.16. The number of pyridine rings is 1. The first-order valence-corrected chi connectivity index (χ1v) is 4.99. The standard InChI is InChI=1S/C13H14N2/c1-10-8-13(14)3-2-12(10)9-11-4-6-15-7-5-11/h2-8H,9,14H2,1H3. The smallest absolute Gasteiger partial charge is 0.0316 e. The molecule has 0 aliphatic heterocycles. The predicted molar refractivity (Wildman–Crippen MR) is 62.6 cm³/mol. The summed E-state index contributed by atoms with van der Waals surface area (Å²) in [6, 6.07) is 10.1. The average Bonchev–Trinajstić information content (AvgIpc) is 2.24. The summed E-state index contributed by atoms with van der Waals surface area (Å²) in [4.78, 5) is 4.00. The van der Waals surface area contributed by atoms with E-state index in [1.807, 2.05) is 36.7 Å². The van der Waals surface area contributed by atoms with Crippen molar-refractivity contribution in [1.29, 1.82) is 0 Å². The van der Waals surface area contributed by atoms with E-state index >= 15 is 0 Å². The predicted octanol–water partition coefficient (Wildman–Crippen LogP) is 2.56. The number of aromatic nitrogens is 1. The lowest BCUT2D eigenvalue weighted by Crippen LogP contribution is -1.94. The quantitative estimate of drug-likeness (QED) is 0.753. The van der Waals surface area contributed by atoms with Crippen LogP contribution in [-0.2, 0) is 6.42 Å². The molecule has 2 nitrogen and oxygen atoms in total. The van der Waals surface area contributed by atoms with Crippen LogP contribution < -0.4 is 5.73 Å². The zero-order chi connectivity index (χ0) is 10.7. The van der Waals surface area contributed by atoms with Gasteiger partial charge in [0, 0.05) is 18.1 Å². The summed E-state index contributed by atoms with van der Waals surface area (Å²) >= 11 is 0. The Morgan fingerprint density at radius 2 is 1.87 bits per heavy atom. The van der Waals surface area contributed by atoms with Crippen molar-refractivity contribution in [1.82, 2.24) is 4.98 Å². The van der Waals surface area contributed by atoms with Crippen LogP contribution in [0.25, 0.3) is 0 Å². The first kappa shape index (κ1) is 9.71. The number of nitrogens with zero attached hydrogens (tertiary/aromatic N) is 1. The second kappa shape index (κ2) is 4.13. The fourth-order valence-electron chi connectivity index (χ4n) is 1.64. The minimum Gasteiger partial charge on any atom is -0.399 e. The van der Waals surface area contributed by atoms with E-state index in [-0.39, 0.29) is 0 Å². The minimum atomic E-state index is 0.825. The molecular formula is C13H14N2. The first-order chi connectivity index (χ1) is 7.25. The number of nitrogen functional groups attached to an aromatic ring is 1. The van der Waals surface area contributed by atoms with Crippen LogP contribution in [0.1, 0.15) is 16.7 Å². The van der Waals surface area contributed by atoms with Crippen LogP contribution in [0.4, 0.5) is 5.69 Å². The van der Waals surface area contributed by atoms with Crippen LogP contribution in [0.5, 0.6) is 0 Å². The molecule has 0 aliphatic carbocycles. The molecular weight excluding hydrogens is 184 g/mol. The third-order valence-corrected chi connectivity index (χ3v) is 2.51. The first-order valence-electron chi connectivity index (χ1n) is 4.99. The summed E-state index contributed by atoms with van der Waals surface area (Å²) < 4.78 is 0. The molecule has 76 valence electrons. The third-order valence-electron chi connectivity index (χ3n) is 2.51. The van der Waals surface area contributed by atoms with Gasteiger partial charge in [-0.05, 0) is 54.3 Å². The van der Waals surface area contributed by atoms with Crippen LogP contribution in [0.3, 0.4) is 0 Å². The maximum Gasteiger partial charge on any atom is 0.0316 e. The molecule has 2 aromatic rings. The van der Waals surface area contributed by atoms with Crippen molar-refractivity contribution in [3.05, 3.63) is 59.4 Å². The summed E-state index contributed by atoms with van der Waals surface area (Å²) in [5, 5.41) is 0. The molecule has 0 fully saturated rings. The summed E-state index contributed by atoms with van der Waals surface area (Å²) in [5.41, 5.74) is 10.4. The van der Waals surface area contributed by atoms with Gasteiger partial charge in [-0.3, -0.25) is 4.98 Å². The Morgan fingerprint density at radius 1 is 1.13 bits per heavy atom. The lowest BCUT2D eigenvalue weighted by molar-refractivity contribution is 1.14. The number of hydrogen-bond donors (Lipinski definition) is 1. The van der Waals surface area contributed by atoms with E-state index in [1.54, 1.807) is 0 Å². The normalized spacial score (nSPS) is 10.2. The lowest BCUT2D eigenvalue weighted by atomic mass is 10.0. The lowest BCUT2D eigenvalue weighted by Gasteiger charge is -2.06. The fourth-order valence-corrected chi connectivity index (χ4v) is 1.64. The molecule has 1 aromatic heterocycles. The Balaban J connectivity index is 2.25. The molecule has 1 heterocycles. The molecule has 0 radical (unpaired) electrons. The molecule has 0 unspecified atom stereocenters. The van der Waals surface area contributed by atoms with Gasteiger partial charge in [0.25, 0.3) is 0 Å². The molecule has 1 aromatic carbocycles. The number of rotatable bonds is 2. The van der Waals surface area contributed by atoms with E-state index in [0.717, 1.165) is 12.1 Å². The van der Waals surface area contributed by atoms with Crippen molar-refractivity contribution in [3.63, 3.8) is 0 Å². The van der Waals surface area contributed by atoms with Gasteiger partial charge in [-0.15, -0.1) is 0 Å². The van der Waals surface area contributed by atoms with Gasteiger partial charge < -0.3 is 5.73 Å². The molecule has 0 aliphatic rings. The van der Waals surface area contributed by atoms with Crippen molar-refractivity contribution < 1.29 is 0 Å². The maximum atomic E-state index is 5.71. The van der Waals surface area contributed by atoms with Crippen LogP contribution in [-0.4, -0.2) is 4.98 Å². The Morgan fingerprint density at radius 3 is 2.53 bits per heavy atom. The SMILES string of the molecule is Cc1cc(N)ccc1Cc1ccncc1. The monoisotopic (exact) mass is 198 g/mol. The summed E-state index contributed by atoms with van der Waals surface area (Å²) in [6.45, 7) is 2.09. The van der Waals surface area contributed by atoms with Gasteiger partial charge in [0.1, 0.15) is 0 Å². The van der Waals surface area contributed by atoms with Crippen LogP contribution >= 0.6 is 0 Å². The van der Waals surface area contributed by atoms with Crippen molar-refractivity contribution >= 4 is 5.69 Å². The van der Waals surface area contributed by atoms with Crippen molar-refractivity contribution in [3.8, 4) is 0 Å². The summed E-state index contributed by atoms with van der Waals surface area (Å²) in [7, 11) is 0. The Hall–Kier alpha value is -1.83.